The van der Waals surface area contributed by atoms with Gasteiger partial charge < -0.3 is 0 Å². The maximum Gasteiger partial charge on any atom is 0.185 e. The molecule has 0 rings (SSSR count). The van der Waals surface area contributed by atoms with Crippen LogP contribution in [0, 0.1) is 11.3 Å². The van der Waals surface area contributed by atoms with Gasteiger partial charge in [0.15, 0.2) is 9.84 Å². The van der Waals surface area contributed by atoms with Crippen molar-refractivity contribution in [2.75, 3.05) is 6.26 Å². The quantitative estimate of drug-likeness (QED) is 0.533. The lowest BCUT2D eigenvalue weighted by Gasteiger charge is -1.94. The Morgan fingerprint density at radius 1 is 1.40 bits per heavy atom. The highest BCUT2D eigenvalue weighted by molar-refractivity contribution is 7.94. The van der Waals surface area contributed by atoms with Crippen molar-refractivity contribution in [1.29, 1.82) is 5.26 Å². The zero-order valence-corrected chi connectivity index (χ0v) is 6.99. The van der Waals surface area contributed by atoms with E-state index in [1.807, 2.05) is 0 Å². The van der Waals surface area contributed by atoms with E-state index in [-0.39, 0.29) is 4.91 Å². The summed E-state index contributed by atoms with van der Waals surface area (Å²) in [5.41, 5.74) is 0.532. The van der Waals surface area contributed by atoms with Crippen LogP contribution in [-0.2, 0) is 9.84 Å². The summed E-state index contributed by atoms with van der Waals surface area (Å²) in [6.45, 7) is 3.19. The summed E-state index contributed by atoms with van der Waals surface area (Å²) >= 11 is 0. The molecule has 0 aliphatic heterocycles. The Labute approximate surface area is 60.9 Å². The van der Waals surface area contributed by atoms with Gasteiger partial charge in [-0.3, -0.25) is 0 Å². The molecule has 0 aliphatic carbocycles. The van der Waals surface area contributed by atoms with Crippen molar-refractivity contribution < 1.29 is 8.42 Å². The van der Waals surface area contributed by atoms with Gasteiger partial charge in [-0.15, -0.1) is 0 Å². The Morgan fingerprint density at radius 3 is 1.80 bits per heavy atom. The molecule has 0 unspecified atom stereocenters. The maximum absolute atomic E-state index is 10.7. The number of sulfone groups is 1. The topological polar surface area (TPSA) is 57.9 Å². The average Bonchev–Trinajstić information content (AvgIpc) is 1.60. The molecule has 0 fully saturated rings. The molecule has 56 valence electrons. The molecule has 0 N–H and O–H groups in total. The molecule has 0 aromatic rings. The lowest BCUT2D eigenvalue weighted by molar-refractivity contribution is 0.608. The summed E-state index contributed by atoms with van der Waals surface area (Å²) in [6.07, 6.45) is 1.03. The van der Waals surface area contributed by atoms with Crippen molar-refractivity contribution >= 4 is 9.84 Å². The summed E-state index contributed by atoms with van der Waals surface area (Å²) in [4.78, 5) is -0.132. The molecule has 0 aromatic heterocycles. The SMILES string of the molecule is CC(C)=C(C#N)S(C)(=O)=O. The van der Waals surface area contributed by atoms with E-state index in [9.17, 15) is 8.42 Å². The average molecular weight is 159 g/mol. The summed E-state index contributed by atoms with van der Waals surface area (Å²) in [5.74, 6) is 0. The molecule has 0 bridgehead atoms. The minimum absolute atomic E-state index is 0.132. The van der Waals surface area contributed by atoms with Gasteiger partial charge in [0.1, 0.15) is 11.0 Å². The van der Waals surface area contributed by atoms with Gasteiger partial charge in [-0.1, -0.05) is 0 Å². The van der Waals surface area contributed by atoms with E-state index >= 15 is 0 Å². The lowest BCUT2D eigenvalue weighted by atomic mass is 10.3. The Hall–Kier alpha value is -0.820. The van der Waals surface area contributed by atoms with Crippen molar-refractivity contribution in [3.05, 3.63) is 10.5 Å². The zero-order chi connectivity index (χ0) is 8.36. The van der Waals surface area contributed by atoms with Crippen LogP contribution in [0.5, 0.6) is 0 Å². The van der Waals surface area contributed by atoms with Gasteiger partial charge in [0, 0.05) is 6.26 Å². The standard InChI is InChI=1S/C6H9NO2S/c1-5(2)6(4-7)10(3,8)9/h1-3H3. The van der Waals surface area contributed by atoms with Gasteiger partial charge in [-0.2, -0.15) is 5.26 Å². The molecule has 4 heteroatoms. The number of hydrogen-bond acceptors (Lipinski definition) is 3. The number of hydrogen-bond donors (Lipinski definition) is 0. The fourth-order valence-electron chi connectivity index (χ4n) is 0.566. The van der Waals surface area contributed by atoms with Crippen molar-refractivity contribution in [3.63, 3.8) is 0 Å². The molecule has 0 aliphatic rings. The van der Waals surface area contributed by atoms with Crippen molar-refractivity contribution in [2.45, 2.75) is 13.8 Å². The van der Waals surface area contributed by atoms with E-state index in [0.29, 0.717) is 5.57 Å². The van der Waals surface area contributed by atoms with Crippen LogP contribution in [0.4, 0.5) is 0 Å². The Morgan fingerprint density at radius 2 is 1.80 bits per heavy atom. The first-order chi connectivity index (χ1) is 4.39. The van der Waals surface area contributed by atoms with Gasteiger partial charge in [0.2, 0.25) is 0 Å². The zero-order valence-electron chi connectivity index (χ0n) is 6.17. The number of nitriles is 1. The number of rotatable bonds is 1. The number of allylic oxidation sites excluding steroid dienone is 2. The van der Waals surface area contributed by atoms with Crippen LogP contribution >= 0.6 is 0 Å². The monoisotopic (exact) mass is 159 g/mol. The Kier molecular flexibility index (Phi) is 2.61. The smallest absolute Gasteiger partial charge is 0.185 e. The molecule has 0 saturated carbocycles. The molecule has 0 aromatic carbocycles. The molecule has 0 atom stereocenters. The van der Waals surface area contributed by atoms with Crippen LogP contribution in [-0.4, -0.2) is 14.7 Å². The van der Waals surface area contributed by atoms with E-state index in [4.69, 9.17) is 5.26 Å². The molecular formula is C6H9NO2S. The van der Waals surface area contributed by atoms with Gasteiger partial charge >= 0.3 is 0 Å². The maximum atomic E-state index is 10.7. The highest BCUT2D eigenvalue weighted by atomic mass is 32.2. The third-order valence-electron chi connectivity index (χ3n) is 0.926. The molecule has 10 heavy (non-hydrogen) atoms. The van der Waals surface area contributed by atoms with Gasteiger partial charge in [-0.25, -0.2) is 8.42 Å². The number of nitrogens with zero attached hydrogens (tertiary/aromatic N) is 1. The highest BCUT2D eigenvalue weighted by Crippen LogP contribution is 2.08. The van der Waals surface area contributed by atoms with Crippen LogP contribution in [0.25, 0.3) is 0 Å². The predicted molar refractivity (Wildman–Crippen MR) is 38.8 cm³/mol. The van der Waals surface area contributed by atoms with E-state index in [2.05, 4.69) is 0 Å². The third kappa shape index (κ3) is 2.19. The largest absolute Gasteiger partial charge is 0.223 e. The van der Waals surface area contributed by atoms with E-state index in [1.165, 1.54) is 0 Å². The molecular weight excluding hydrogens is 150 g/mol. The van der Waals surface area contributed by atoms with Crippen molar-refractivity contribution in [2.24, 2.45) is 0 Å². The lowest BCUT2D eigenvalue weighted by Crippen LogP contribution is -2.00. The van der Waals surface area contributed by atoms with Gasteiger partial charge in [0.25, 0.3) is 0 Å². The van der Waals surface area contributed by atoms with Crippen LogP contribution in [0.15, 0.2) is 10.5 Å². The Bertz CT molecular complexity index is 288. The second kappa shape index (κ2) is 2.84. The first-order valence-corrected chi connectivity index (χ1v) is 4.56. The minimum Gasteiger partial charge on any atom is -0.223 e. The molecule has 0 radical (unpaired) electrons. The van der Waals surface area contributed by atoms with E-state index < -0.39 is 9.84 Å². The van der Waals surface area contributed by atoms with Crippen LogP contribution in [0.3, 0.4) is 0 Å². The molecule has 0 heterocycles. The summed E-state index contributed by atoms with van der Waals surface area (Å²) in [7, 11) is -3.30. The minimum atomic E-state index is -3.30. The first-order valence-electron chi connectivity index (χ1n) is 2.67. The van der Waals surface area contributed by atoms with Crippen molar-refractivity contribution in [3.8, 4) is 6.07 Å². The fourth-order valence-corrected chi connectivity index (χ4v) is 1.47. The Balaban J connectivity index is 5.20. The highest BCUT2D eigenvalue weighted by Gasteiger charge is 2.10. The molecule has 0 amide bonds. The third-order valence-corrected chi connectivity index (χ3v) is 2.17. The predicted octanol–water partition coefficient (Wildman–Crippen LogP) is 0.848. The van der Waals surface area contributed by atoms with Crippen LogP contribution < -0.4 is 0 Å². The molecule has 0 spiro atoms. The summed E-state index contributed by atoms with van der Waals surface area (Å²) in [6, 6.07) is 1.63. The van der Waals surface area contributed by atoms with Gasteiger partial charge in [-0.05, 0) is 19.4 Å². The van der Waals surface area contributed by atoms with Gasteiger partial charge in [0.05, 0.1) is 0 Å². The molecule has 0 saturated heterocycles. The fraction of sp³-hybridized carbons (Fsp3) is 0.500. The van der Waals surface area contributed by atoms with Crippen molar-refractivity contribution in [1.82, 2.24) is 0 Å². The summed E-state index contributed by atoms with van der Waals surface area (Å²) < 4.78 is 21.4. The first kappa shape index (κ1) is 9.18. The summed E-state index contributed by atoms with van der Waals surface area (Å²) in [5, 5.41) is 8.35. The second-order valence-electron chi connectivity index (χ2n) is 2.21. The molecule has 3 nitrogen and oxygen atoms in total. The van der Waals surface area contributed by atoms with Crippen LogP contribution in [0.2, 0.25) is 0 Å². The van der Waals surface area contributed by atoms with Crippen LogP contribution in [0.1, 0.15) is 13.8 Å². The van der Waals surface area contributed by atoms with E-state index in [1.54, 1.807) is 19.9 Å². The normalized spacial score (nSPS) is 10.2. The second-order valence-corrected chi connectivity index (χ2v) is 4.17. The van der Waals surface area contributed by atoms with E-state index in [0.717, 1.165) is 6.26 Å².